The first-order valence-corrected chi connectivity index (χ1v) is 6.92. The van der Waals surface area contributed by atoms with E-state index in [0.29, 0.717) is 18.4 Å². The molecule has 1 saturated heterocycles. The number of amides is 4. The number of urea groups is 1. The van der Waals surface area contributed by atoms with Crippen LogP contribution in [0.4, 0.5) is 14.9 Å². The van der Waals surface area contributed by atoms with Gasteiger partial charge in [-0.2, -0.15) is 0 Å². The quantitative estimate of drug-likeness (QED) is 0.807. The van der Waals surface area contributed by atoms with Gasteiger partial charge in [-0.25, -0.2) is 14.1 Å². The highest BCUT2D eigenvalue weighted by atomic mass is 19.1. The molecule has 1 spiro atoms. The number of benzene rings is 1. The first kappa shape index (κ1) is 13.7. The second-order valence-corrected chi connectivity index (χ2v) is 5.64. The highest BCUT2D eigenvalue weighted by Gasteiger charge is 2.55. The maximum absolute atomic E-state index is 14.1. The van der Waals surface area contributed by atoms with E-state index in [1.54, 1.807) is 13.0 Å². The van der Waals surface area contributed by atoms with Crippen molar-refractivity contribution >= 4 is 23.5 Å². The molecule has 1 saturated carbocycles. The second kappa shape index (κ2) is 4.65. The Balaban J connectivity index is 2.07. The van der Waals surface area contributed by atoms with Gasteiger partial charge in [0.15, 0.2) is 0 Å². The molecule has 1 aliphatic heterocycles. The molecule has 3 rings (SSSR count). The lowest BCUT2D eigenvalue weighted by Crippen LogP contribution is -2.63. The summed E-state index contributed by atoms with van der Waals surface area (Å²) in [4.78, 5) is 37.5. The van der Waals surface area contributed by atoms with Gasteiger partial charge in [-0.3, -0.25) is 14.9 Å². The highest BCUT2D eigenvalue weighted by molar-refractivity contribution is 6.30. The molecule has 5 nitrogen and oxygen atoms in total. The van der Waals surface area contributed by atoms with Crippen LogP contribution in [0.1, 0.15) is 31.2 Å². The largest absolute Gasteiger partial charge is 0.335 e. The Hall–Kier alpha value is -2.24. The number of halogens is 1. The Labute approximate surface area is 121 Å². The van der Waals surface area contributed by atoms with Crippen LogP contribution in [0.2, 0.25) is 0 Å². The number of anilines is 1. The van der Waals surface area contributed by atoms with E-state index in [1.807, 2.05) is 0 Å². The summed E-state index contributed by atoms with van der Waals surface area (Å²) in [7, 11) is 0. The molecular formula is C15H15FN2O3. The van der Waals surface area contributed by atoms with Gasteiger partial charge in [-0.05, 0) is 37.5 Å². The highest BCUT2D eigenvalue weighted by Crippen LogP contribution is 2.43. The SMILES string of the molecule is Cc1ccc(N2C(=O)NC(=O)C3(CCCC3)C2=O)c(F)c1. The lowest BCUT2D eigenvalue weighted by atomic mass is 9.82. The normalized spacial score (nSPS) is 21.0. The van der Waals surface area contributed by atoms with Gasteiger partial charge < -0.3 is 0 Å². The van der Waals surface area contributed by atoms with Crippen molar-refractivity contribution in [2.45, 2.75) is 32.6 Å². The first-order valence-electron chi connectivity index (χ1n) is 6.92. The minimum absolute atomic E-state index is 0.109. The number of nitrogens with zero attached hydrogens (tertiary/aromatic N) is 1. The fourth-order valence-electron chi connectivity index (χ4n) is 3.11. The Morgan fingerprint density at radius 3 is 2.48 bits per heavy atom. The zero-order valence-corrected chi connectivity index (χ0v) is 11.6. The molecule has 2 aliphatic rings. The molecule has 0 aromatic heterocycles. The zero-order chi connectivity index (χ0) is 15.2. The number of carbonyl (C=O) groups is 3. The number of aryl methyl sites for hydroxylation is 1. The fraction of sp³-hybridized carbons (Fsp3) is 0.400. The average Bonchev–Trinajstić information content (AvgIpc) is 2.90. The maximum atomic E-state index is 14.1. The smallest absolute Gasteiger partial charge is 0.276 e. The molecule has 0 bridgehead atoms. The molecule has 6 heteroatoms. The zero-order valence-electron chi connectivity index (χ0n) is 11.6. The van der Waals surface area contributed by atoms with Crippen LogP contribution >= 0.6 is 0 Å². The molecule has 1 aromatic carbocycles. The van der Waals surface area contributed by atoms with Crippen molar-refractivity contribution in [2.24, 2.45) is 5.41 Å². The van der Waals surface area contributed by atoms with Crippen LogP contribution in [0.5, 0.6) is 0 Å². The fourth-order valence-corrected chi connectivity index (χ4v) is 3.11. The predicted molar refractivity (Wildman–Crippen MR) is 73.1 cm³/mol. The molecule has 1 N–H and O–H groups in total. The third-order valence-electron chi connectivity index (χ3n) is 4.27. The summed E-state index contributed by atoms with van der Waals surface area (Å²) in [6, 6.07) is 3.38. The molecule has 21 heavy (non-hydrogen) atoms. The third kappa shape index (κ3) is 1.93. The number of hydrogen-bond acceptors (Lipinski definition) is 3. The molecular weight excluding hydrogens is 275 g/mol. The molecule has 4 amide bonds. The van der Waals surface area contributed by atoms with Gasteiger partial charge in [0.2, 0.25) is 5.91 Å². The van der Waals surface area contributed by atoms with E-state index in [0.717, 1.165) is 17.7 Å². The number of carbonyl (C=O) groups excluding carboxylic acids is 3. The maximum Gasteiger partial charge on any atom is 0.335 e. The van der Waals surface area contributed by atoms with Crippen molar-refractivity contribution in [1.29, 1.82) is 0 Å². The van der Waals surface area contributed by atoms with Gasteiger partial charge in [0.1, 0.15) is 11.2 Å². The monoisotopic (exact) mass is 290 g/mol. The van der Waals surface area contributed by atoms with E-state index in [9.17, 15) is 18.8 Å². The van der Waals surface area contributed by atoms with E-state index in [1.165, 1.54) is 12.1 Å². The van der Waals surface area contributed by atoms with Crippen molar-refractivity contribution < 1.29 is 18.8 Å². The van der Waals surface area contributed by atoms with Crippen molar-refractivity contribution in [3.63, 3.8) is 0 Å². The molecule has 0 radical (unpaired) electrons. The van der Waals surface area contributed by atoms with Crippen LogP contribution in [-0.4, -0.2) is 17.8 Å². The molecule has 110 valence electrons. The lowest BCUT2D eigenvalue weighted by Gasteiger charge is -2.36. The minimum Gasteiger partial charge on any atom is -0.276 e. The van der Waals surface area contributed by atoms with Gasteiger partial charge >= 0.3 is 6.03 Å². The topological polar surface area (TPSA) is 66.5 Å². The number of hydrogen-bond donors (Lipinski definition) is 1. The van der Waals surface area contributed by atoms with Gasteiger partial charge in [0.05, 0.1) is 5.69 Å². The van der Waals surface area contributed by atoms with Crippen LogP contribution in [0.3, 0.4) is 0 Å². The predicted octanol–water partition coefficient (Wildman–Crippen LogP) is 2.28. The number of nitrogens with one attached hydrogen (secondary N) is 1. The number of rotatable bonds is 1. The van der Waals surface area contributed by atoms with E-state index in [-0.39, 0.29) is 5.69 Å². The van der Waals surface area contributed by atoms with Gasteiger partial charge in [0.25, 0.3) is 5.91 Å². The summed E-state index contributed by atoms with van der Waals surface area (Å²) in [5, 5.41) is 2.19. The van der Waals surface area contributed by atoms with Gasteiger partial charge in [0, 0.05) is 0 Å². The molecule has 1 aliphatic carbocycles. The number of imide groups is 2. The second-order valence-electron chi connectivity index (χ2n) is 5.64. The van der Waals surface area contributed by atoms with Crippen molar-refractivity contribution in [2.75, 3.05) is 4.90 Å². The van der Waals surface area contributed by atoms with Crippen molar-refractivity contribution in [3.8, 4) is 0 Å². The first-order chi connectivity index (χ1) is 9.95. The van der Waals surface area contributed by atoms with Crippen LogP contribution in [0, 0.1) is 18.2 Å². The molecule has 0 atom stereocenters. The van der Waals surface area contributed by atoms with Crippen molar-refractivity contribution in [3.05, 3.63) is 29.6 Å². The van der Waals surface area contributed by atoms with Crippen LogP contribution in [-0.2, 0) is 9.59 Å². The third-order valence-corrected chi connectivity index (χ3v) is 4.27. The average molecular weight is 290 g/mol. The summed E-state index contributed by atoms with van der Waals surface area (Å²) >= 11 is 0. The summed E-state index contributed by atoms with van der Waals surface area (Å²) in [6.07, 6.45) is 2.29. The van der Waals surface area contributed by atoms with Crippen LogP contribution in [0.15, 0.2) is 18.2 Å². The van der Waals surface area contributed by atoms with E-state index in [4.69, 9.17) is 0 Å². The summed E-state index contributed by atoms with van der Waals surface area (Å²) < 4.78 is 14.1. The molecule has 1 aromatic rings. The van der Waals surface area contributed by atoms with Crippen LogP contribution in [0.25, 0.3) is 0 Å². The molecule has 1 heterocycles. The Kier molecular flexibility index (Phi) is 3.04. The molecule has 2 fully saturated rings. The van der Waals surface area contributed by atoms with E-state index in [2.05, 4.69) is 5.32 Å². The summed E-state index contributed by atoms with van der Waals surface area (Å²) in [6.45, 7) is 1.72. The van der Waals surface area contributed by atoms with Crippen molar-refractivity contribution in [1.82, 2.24) is 5.32 Å². The van der Waals surface area contributed by atoms with E-state index >= 15 is 0 Å². The van der Waals surface area contributed by atoms with Crippen LogP contribution < -0.4 is 10.2 Å². The van der Waals surface area contributed by atoms with E-state index < -0.39 is 29.1 Å². The summed E-state index contributed by atoms with van der Waals surface area (Å²) in [5.41, 5.74) is -0.639. The summed E-state index contributed by atoms with van der Waals surface area (Å²) in [5.74, 6) is -1.82. The Morgan fingerprint density at radius 2 is 1.86 bits per heavy atom. The standard InChI is InChI=1S/C15H15FN2O3/c1-9-4-5-11(10(16)8-9)18-13(20)15(6-2-3-7-15)12(19)17-14(18)21/h4-5,8H,2-3,6-7H2,1H3,(H,17,19,21). The molecule has 0 unspecified atom stereocenters. The Morgan fingerprint density at radius 1 is 1.19 bits per heavy atom. The number of barbiturate groups is 1. The lowest BCUT2D eigenvalue weighted by molar-refractivity contribution is -0.142. The van der Waals surface area contributed by atoms with Gasteiger partial charge in [-0.15, -0.1) is 0 Å². The minimum atomic E-state index is -1.22. The Bertz CT molecular complexity index is 650. The van der Waals surface area contributed by atoms with Gasteiger partial charge in [-0.1, -0.05) is 18.9 Å².